The lowest BCUT2D eigenvalue weighted by atomic mass is 10.1. The number of aryl methyl sites for hydroxylation is 1. The average molecular weight is 401 g/mol. The van der Waals surface area contributed by atoms with Crippen LogP contribution in [0.15, 0.2) is 57.4 Å². The van der Waals surface area contributed by atoms with Crippen molar-refractivity contribution in [2.24, 2.45) is 0 Å². The normalized spacial score (nSPS) is 11.1. The molecule has 0 aliphatic rings. The number of benzene rings is 2. The van der Waals surface area contributed by atoms with Gasteiger partial charge in [0.2, 0.25) is 17.1 Å². The van der Waals surface area contributed by atoms with E-state index >= 15 is 0 Å². The number of hydrogen-bond acceptors (Lipinski definition) is 4. The number of halogens is 2. The minimum absolute atomic E-state index is 0.254. The second-order valence-corrected chi connectivity index (χ2v) is 6.66. The summed E-state index contributed by atoms with van der Waals surface area (Å²) < 4.78 is 6.75. The predicted molar refractivity (Wildman–Crippen MR) is 97.9 cm³/mol. The molecule has 118 valence electrons. The van der Waals surface area contributed by atoms with Crippen LogP contribution in [-0.2, 0) is 0 Å². The number of aromatic nitrogens is 3. The second-order valence-electron chi connectivity index (χ2n) is 5.38. The monoisotopic (exact) mass is 399 g/mol. The lowest BCUT2D eigenvalue weighted by Crippen LogP contribution is -1.90. The molecule has 0 N–H and O–H groups in total. The predicted octanol–water partition coefficient (Wildman–Crippen LogP) is 5.68. The van der Waals surface area contributed by atoms with E-state index < -0.39 is 0 Å². The third-order valence-corrected chi connectivity index (χ3v) is 4.40. The molecular weight excluding hydrogens is 390 g/mol. The van der Waals surface area contributed by atoms with Crippen LogP contribution in [0.1, 0.15) is 5.56 Å². The Morgan fingerprint density at radius 1 is 0.875 bits per heavy atom. The molecule has 0 unspecified atom stereocenters. The largest absolute Gasteiger partial charge is 0.431 e. The third-order valence-electron chi connectivity index (χ3n) is 3.61. The van der Waals surface area contributed by atoms with Crippen LogP contribution in [0, 0.1) is 6.92 Å². The van der Waals surface area contributed by atoms with E-state index in [2.05, 4.69) is 30.9 Å². The first-order valence-electron chi connectivity index (χ1n) is 7.27. The summed E-state index contributed by atoms with van der Waals surface area (Å²) in [6.07, 6.45) is 0. The lowest BCUT2D eigenvalue weighted by molar-refractivity contribution is 0.618. The van der Waals surface area contributed by atoms with Crippen LogP contribution in [0.2, 0.25) is 5.15 Å². The Bertz CT molecular complexity index is 1030. The van der Waals surface area contributed by atoms with Crippen molar-refractivity contribution in [3.63, 3.8) is 0 Å². The van der Waals surface area contributed by atoms with Crippen LogP contribution in [0.25, 0.3) is 34.1 Å². The first kappa shape index (κ1) is 15.3. The van der Waals surface area contributed by atoms with E-state index in [1.54, 1.807) is 0 Å². The van der Waals surface area contributed by atoms with Crippen molar-refractivity contribution < 1.29 is 4.42 Å². The molecule has 4 rings (SSSR count). The van der Waals surface area contributed by atoms with E-state index in [-0.39, 0.29) is 5.15 Å². The van der Waals surface area contributed by atoms with Crippen LogP contribution in [0.5, 0.6) is 0 Å². The molecule has 0 saturated carbocycles. The topological polar surface area (TPSA) is 51.8 Å². The maximum absolute atomic E-state index is 6.28. The molecule has 2 heterocycles. The van der Waals surface area contributed by atoms with E-state index in [9.17, 15) is 0 Å². The fraction of sp³-hybridized carbons (Fsp3) is 0.0556. The molecule has 24 heavy (non-hydrogen) atoms. The van der Waals surface area contributed by atoms with Gasteiger partial charge in [-0.1, -0.05) is 57.4 Å². The van der Waals surface area contributed by atoms with Gasteiger partial charge in [-0.3, -0.25) is 0 Å². The summed E-state index contributed by atoms with van der Waals surface area (Å²) >= 11 is 9.69. The fourth-order valence-electron chi connectivity index (χ4n) is 2.34. The molecule has 0 atom stereocenters. The van der Waals surface area contributed by atoms with Gasteiger partial charge in [0.15, 0.2) is 11.0 Å². The van der Waals surface area contributed by atoms with Gasteiger partial charge in [0.05, 0.1) is 0 Å². The molecule has 0 aliphatic heterocycles. The Labute approximate surface area is 151 Å². The van der Waals surface area contributed by atoms with Crippen molar-refractivity contribution in [1.29, 1.82) is 0 Å². The summed E-state index contributed by atoms with van der Waals surface area (Å²) in [6.45, 7) is 2.03. The molecule has 0 spiro atoms. The van der Waals surface area contributed by atoms with Gasteiger partial charge in [-0.25, -0.2) is 9.97 Å². The molecule has 2 aromatic heterocycles. The standard InChI is InChI=1S/C18H11BrClN3O/c1-10-2-4-12(5-3-10)18-23-17-14(24-18)15(20)21-16(22-17)11-6-8-13(19)9-7-11/h2-9H,1H3. The van der Waals surface area contributed by atoms with Crippen molar-refractivity contribution in [3.05, 3.63) is 63.7 Å². The molecular formula is C18H11BrClN3O. The Morgan fingerprint density at radius 3 is 2.25 bits per heavy atom. The van der Waals surface area contributed by atoms with Crippen molar-refractivity contribution in [2.75, 3.05) is 0 Å². The van der Waals surface area contributed by atoms with E-state index in [0.29, 0.717) is 22.9 Å². The molecule has 0 saturated heterocycles. The highest BCUT2D eigenvalue weighted by atomic mass is 79.9. The molecule has 6 heteroatoms. The molecule has 2 aromatic carbocycles. The van der Waals surface area contributed by atoms with Gasteiger partial charge < -0.3 is 4.42 Å². The highest BCUT2D eigenvalue weighted by Gasteiger charge is 2.15. The summed E-state index contributed by atoms with van der Waals surface area (Å²) in [5.41, 5.74) is 3.75. The Kier molecular flexibility index (Phi) is 3.82. The zero-order valence-corrected chi connectivity index (χ0v) is 15.0. The van der Waals surface area contributed by atoms with E-state index in [1.807, 2.05) is 55.5 Å². The molecule has 0 fully saturated rings. The summed E-state index contributed by atoms with van der Waals surface area (Å²) in [5, 5.41) is 0.254. The van der Waals surface area contributed by atoms with E-state index in [1.165, 1.54) is 5.56 Å². The Hall–Kier alpha value is -2.24. The van der Waals surface area contributed by atoms with Crippen LogP contribution in [-0.4, -0.2) is 15.0 Å². The molecule has 0 bridgehead atoms. The van der Waals surface area contributed by atoms with Crippen LogP contribution in [0.3, 0.4) is 0 Å². The first-order chi connectivity index (χ1) is 11.6. The van der Waals surface area contributed by atoms with Crippen molar-refractivity contribution in [1.82, 2.24) is 15.0 Å². The Balaban J connectivity index is 1.83. The van der Waals surface area contributed by atoms with Crippen molar-refractivity contribution in [2.45, 2.75) is 6.92 Å². The Morgan fingerprint density at radius 2 is 1.54 bits per heavy atom. The summed E-state index contributed by atoms with van der Waals surface area (Å²) in [5.74, 6) is 0.998. The third kappa shape index (κ3) is 2.81. The number of rotatable bonds is 2. The molecule has 0 amide bonds. The maximum atomic E-state index is 6.28. The maximum Gasteiger partial charge on any atom is 0.229 e. The summed E-state index contributed by atoms with van der Waals surface area (Å²) in [4.78, 5) is 13.3. The fourth-order valence-corrected chi connectivity index (χ4v) is 2.81. The highest BCUT2D eigenvalue weighted by molar-refractivity contribution is 9.10. The van der Waals surface area contributed by atoms with Gasteiger partial charge in [0, 0.05) is 15.6 Å². The highest BCUT2D eigenvalue weighted by Crippen LogP contribution is 2.29. The smallest absolute Gasteiger partial charge is 0.229 e. The van der Waals surface area contributed by atoms with Crippen LogP contribution < -0.4 is 0 Å². The number of nitrogens with zero attached hydrogens (tertiary/aromatic N) is 3. The minimum atomic E-state index is 0.254. The van der Waals surface area contributed by atoms with Crippen LogP contribution in [0.4, 0.5) is 0 Å². The zero-order valence-electron chi connectivity index (χ0n) is 12.6. The van der Waals surface area contributed by atoms with Gasteiger partial charge in [-0.2, -0.15) is 4.98 Å². The molecule has 4 aromatic rings. The average Bonchev–Trinajstić information content (AvgIpc) is 3.01. The number of fused-ring (bicyclic) bond motifs is 1. The lowest BCUT2D eigenvalue weighted by Gasteiger charge is -2.00. The second kappa shape index (κ2) is 6.00. The quantitative estimate of drug-likeness (QED) is 0.406. The number of oxazole rings is 1. The van der Waals surface area contributed by atoms with Crippen molar-refractivity contribution in [3.8, 4) is 22.8 Å². The van der Waals surface area contributed by atoms with Gasteiger partial charge in [0.1, 0.15) is 0 Å². The van der Waals surface area contributed by atoms with Gasteiger partial charge >= 0.3 is 0 Å². The van der Waals surface area contributed by atoms with Crippen LogP contribution >= 0.6 is 27.5 Å². The van der Waals surface area contributed by atoms with Gasteiger partial charge in [0.25, 0.3) is 0 Å². The minimum Gasteiger partial charge on any atom is -0.431 e. The van der Waals surface area contributed by atoms with Gasteiger partial charge in [-0.05, 0) is 31.2 Å². The van der Waals surface area contributed by atoms with Crippen molar-refractivity contribution >= 4 is 38.8 Å². The SMILES string of the molecule is Cc1ccc(-c2nc3nc(-c4ccc(Br)cc4)nc(Cl)c3o2)cc1. The van der Waals surface area contributed by atoms with E-state index in [0.717, 1.165) is 15.6 Å². The van der Waals surface area contributed by atoms with Gasteiger partial charge in [-0.15, -0.1) is 0 Å². The number of hydrogen-bond donors (Lipinski definition) is 0. The summed E-state index contributed by atoms with van der Waals surface area (Å²) in [6, 6.07) is 15.6. The zero-order chi connectivity index (χ0) is 16.7. The summed E-state index contributed by atoms with van der Waals surface area (Å²) in [7, 11) is 0. The molecule has 0 aliphatic carbocycles. The first-order valence-corrected chi connectivity index (χ1v) is 8.44. The molecule has 0 radical (unpaired) electrons. The molecule has 4 nitrogen and oxygen atoms in total. The van der Waals surface area contributed by atoms with E-state index in [4.69, 9.17) is 16.0 Å².